The maximum absolute atomic E-state index is 10.6. The van der Waals surface area contributed by atoms with Gasteiger partial charge >= 0.3 is 0 Å². The smallest absolute Gasteiger partial charge is 0.233 e. The van der Waals surface area contributed by atoms with E-state index in [1.165, 1.54) is 0 Å². The van der Waals surface area contributed by atoms with E-state index < -0.39 is 0 Å². The SMILES string of the molecule is CC(C)Oc1cncc(-c2ccc(C=O)cc2)n1. The second-order valence-electron chi connectivity index (χ2n) is 4.15. The van der Waals surface area contributed by atoms with Crippen molar-refractivity contribution < 1.29 is 9.53 Å². The summed E-state index contributed by atoms with van der Waals surface area (Å²) in [5.41, 5.74) is 2.27. The zero-order chi connectivity index (χ0) is 13.0. The summed E-state index contributed by atoms with van der Waals surface area (Å²) in [5.74, 6) is 0.502. The van der Waals surface area contributed by atoms with Crippen molar-refractivity contribution in [3.8, 4) is 17.1 Å². The van der Waals surface area contributed by atoms with Gasteiger partial charge in [0.05, 0.1) is 24.2 Å². The Morgan fingerprint density at radius 3 is 2.50 bits per heavy atom. The van der Waals surface area contributed by atoms with E-state index in [0.717, 1.165) is 17.5 Å². The van der Waals surface area contributed by atoms with E-state index in [4.69, 9.17) is 4.74 Å². The lowest BCUT2D eigenvalue weighted by atomic mass is 10.1. The first-order valence-corrected chi connectivity index (χ1v) is 5.73. The molecule has 4 nitrogen and oxygen atoms in total. The molecular formula is C14H14N2O2. The molecule has 0 atom stereocenters. The van der Waals surface area contributed by atoms with Crippen LogP contribution >= 0.6 is 0 Å². The van der Waals surface area contributed by atoms with Crippen LogP contribution in [0.5, 0.6) is 5.88 Å². The first-order valence-electron chi connectivity index (χ1n) is 5.73. The summed E-state index contributed by atoms with van der Waals surface area (Å²) in [7, 11) is 0. The number of aldehydes is 1. The van der Waals surface area contributed by atoms with Crippen LogP contribution < -0.4 is 4.74 Å². The second kappa shape index (κ2) is 5.40. The van der Waals surface area contributed by atoms with Gasteiger partial charge in [-0.05, 0) is 13.8 Å². The summed E-state index contributed by atoms with van der Waals surface area (Å²) < 4.78 is 5.49. The number of ether oxygens (including phenoxy) is 1. The monoisotopic (exact) mass is 242 g/mol. The third-order valence-electron chi connectivity index (χ3n) is 2.31. The highest BCUT2D eigenvalue weighted by molar-refractivity contribution is 5.76. The molecule has 0 aliphatic rings. The average Bonchev–Trinajstić information content (AvgIpc) is 2.38. The lowest BCUT2D eigenvalue weighted by Gasteiger charge is -2.09. The molecule has 2 rings (SSSR count). The Labute approximate surface area is 106 Å². The molecule has 4 heteroatoms. The molecule has 18 heavy (non-hydrogen) atoms. The number of aromatic nitrogens is 2. The average molecular weight is 242 g/mol. The van der Waals surface area contributed by atoms with Gasteiger partial charge < -0.3 is 4.74 Å². The predicted molar refractivity (Wildman–Crippen MR) is 68.6 cm³/mol. The second-order valence-corrected chi connectivity index (χ2v) is 4.15. The number of benzene rings is 1. The van der Waals surface area contributed by atoms with Gasteiger partial charge in [-0.15, -0.1) is 0 Å². The van der Waals surface area contributed by atoms with E-state index in [-0.39, 0.29) is 6.10 Å². The van der Waals surface area contributed by atoms with Crippen molar-refractivity contribution in [3.05, 3.63) is 42.2 Å². The Kier molecular flexibility index (Phi) is 3.67. The summed E-state index contributed by atoms with van der Waals surface area (Å²) >= 11 is 0. The molecule has 92 valence electrons. The van der Waals surface area contributed by atoms with Gasteiger partial charge in [0.1, 0.15) is 6.29 Å². The third-order valence-corrected chi connectivity index (χ3v) is 2.31. The maximum atomic E-state index is 10.6. The van der Waals surface area contributed by atoms with Crippen LogP contribution in [0, 0.1) is 0 Å². The Morgan fingerprint density at radius 2 is 1.89 bits per heavy atom. The molecule has 0 aliphatic heterocycles. The van der Waals surface area contributed by atoms with Crippen molar-refractivity contribution in [2.75, 3.05) is 0 Å². The number of hydrogen-bond donors (Lipinski definition) is 0. The van der Waals surface area contributed by atoms with Crippen molar-refractivity contribution in [3.63, 3.8) is 0 Å². The van der Waals surface area contributed by atoms with Crippen LogP contribution in [0.4, 0.5) is 0 Å². The quantitative estimate of drug-likeness (QED) is 0.773. The summed E-state index contributed by atoms with van der Waals surface area (Å²) in [6.07, 6.45) is 4.13. The van der Waals surface area contributed by atoms with Crippen molar-refractivity contribution >= 4 is 6.29 Å². The molecule has 0 fully saturated rings. The Bertz CT molecular complexity index is 536. The lowest BCUT2D eigenvalue weighted by molar-refractivity contribution is 0.112. The van der Waals surface area contributed by atoms with E-state index in [9.17, 15) is 4.79 Å². The van der Waals surface area contributed by atoms with Crippen LogP contribution in [-0.4, -0.2) is 22.4 Å². The molecule has 0 unspecified atom stereocenters. The van der Waals surface area contributed by atoms with Crippen molar-refractivity contribution in [1.82, 2.24) is 9.97 Å². The number of rotatable bonds is 4. The standard InChI is InChI=1S/C14H14N2O2/c1-10(2)18-14-8-15-7-13(16-14)12-5-3-11(9-17)4-6-12/h3-10H,1-2H3. The maximum Gasteiger partial charge on any atom is 0.233 e. The molecule has 0 saturated carbocycles. The molecule has 0 amide bonds. The predicted octanol–water partition coefficient (Wildman–Crippen LogP) is 2.74. The first kappa shape index (κ1) is 12.2. The van der Waals surface area contributed by atoms with E-state index in [0.29, 0.717) is 11.4 Å². The first-order chi connectivity index (χ1) is 8.69. The highest BCUT2D eigenvalue weighted by atomic mass is 16.5. The fraction of sp³-hybridized carbons (Fsp3) is 0.214. The van der Waals surface area contributed by atoms with Gasteiger partial charge in [0.15, 0.2) is 0 Å². The molecule has 0 radical (unpaired) electrons. The molecule has 0 saturated heterocycles. The van der Waals surface area contributed by atoms with Gasteiger partial charge in [0.2, 0.25) is 5.88 Å². The Hall–Kier alpha value is -2.23. The van der Waals surface area contributed by atoms with Crippen LogP contribution in [0.15, 0.2) is 36.7 Å². The lowest BCUT2D eigenvalue weighted by Crippen LogP contribution is -2.07. The fourth-order valence-corrected chi connectivity index (χ4v) is 1.52. The zero-order valence-electron chi connectivity index (χ0n) is 10.3. The van der Waals surface area contributed by atoms with E-state index in [1.807, 2.05) is 26.0 Å². The summed E-state index contributed by atoms with van der Waals surface area (Å²) in [6, 6.07) is 7.18. The summed E-state index contributed by atoms with van der Waals surface area (Å²) in [5, 5.41) is 0. The van der Waals surface area contributed by atoms with Crippen molar-refractivity contribution in [1.29, 1.82) is 0 Å². The van der Waals surface area contributed by atoms with Gasteiger partial charge in [-0.3, -0.25) is 9.78 Å². The molecule has 1 heterocycles. The Balaban J connectivity index is 2.29. The van der Waals surface area contributed by atoms with Crippen molar-refractivity contribution in [2.24, 2.45) is 0 Å². The van der Waals surface area contributed by atoms with Crippen molar-refractivity contribution in [2.45, 2.75) is 20.0 Å². The minimum Gasteiger partial charge on any atom is -0.474 e. The van der Waals surface area contributed by atoms with Gasteiger partial charge in [0, 0.05) is 11.1 Å². The van der Waals surface area contributed by atoms with Crippen LogP contribution in [0.1, 0.15) is 24.2 Å². The molecule has 0 spiro atoms. The minimum absolute atomic E-state index is 0.0620. The molecule has 1 aromatic carbocycles. The number of nitrogens with zero attached hydrogens (tertiary/aromatic N) is 2. The van der Waals surface area contributed by atoms with Gasteiger partial charge in [-0.2, -0.15) is 0 Å². The van der Waals surface area contributed by atoms with E-state index in [1.54, 1.807) is 24.5 Å². The van der Waals surface area contributed by atoms with E-state index in [2.05, 4.69) is 9.97 Å². The largest absolute Gasteiger partial charge is 0.474 e. The van der Waals surface area contributed by atoms with Gasteiger partial charge in [0.25, 0.3) is 0 Å². The van der Waals surface area contributed by atoms with Crippen LogP contribution in [-0.2, 0) is 0 Å². The normalized spacial score (nSPS) is 10.4. The number of carbonyl (C=O) groups excluding carboxylic acids is 1. The van der Waals surface area contributed by atoms with Gasteiger partial charge in [-0.25, -0.2) is 4.98 Å². The zero-order valence-corrected chi connectivity index (χ0v) is 10.3. The molecule has 1 aromatic heterocycles. The number of hydrogen-bond acceptors (Lipinski definition) is 4. The van der Waals surface area contributed by atoms with Gasteiger partial charge in [-0.1, -0.05) is 24.3 Å². The molecule has 0 N–H and O–H groups in total. The van der Waals surface area contributed by atoms with E-state index >= 15 is 0 Å². The van der Waals surface area contributed by atoms with Crippen LogP contribution in [0.3, 0.4) is 0 Å². The fourth-order valence-electron chi connectivity index (χ4n) is 1.52. The summed E-state index contributed by atoms with van der Waals surface area (Å²) in [6.45, 7) is 3.88. The van der Waals surface area contributed by atoms with Crippen LogP contribution in [0.2, 0.25) is 0 Å². The minimum atomic E-state index is 0.0620. The molecule has 2 aromatic rings. The molecule has 0 aliphatic carbocycles. The highest BCUT2D eigenvalue weighted by Gasteiger charge is 2.04. The molecular weight excluding hydrogens is 228 g/mol. The Morgan fingerprint density at radius 1 is 1.17 bits per heavy atom. The summed E-state index contributed by atoms with van der Waals surface area (Å²) in [4.78, 5) is 19.0. The number of carbonyl (C=O) groups is 1. The molecule has 0 bridgehead atoms. The van der Waals surface area contributed by atoms with Crippen LogP contribution in [0.25, 0.3) is 11.3 Å². The topological polar surface area (TPSA) is 52.1 Å². The highest BCUT2D eigenvalue weighted by Crippen LogP contribution is 2.19. The third kappa shape index (κ3) is 2.91.